The molecule has 0 aliphatic carbocycles. The number of carbonyl (C=O) groups is 1. The molecule has 0 radical (unpaired) electrons. The minimum absolute atomic E-state index is 0.0396. The fourth-order valence-corrected chi connectivity index (χ4v) is 1.42. The van der Waals surface area contributed by atoms with Gasteiger partial charge in [0, 0.05) is 17.7 Å². The Morgan fingerprint density at radius 3 is 2.79 bits per heavy atom. The number of anilines is 2. The van der Waals surface area contributed by atoms with E-state index in [1.165, 1.54) is 30.5 Å². The topological polar surface area (TPSA) is 136 Å². The number of benzene rings is 1. The van der Waals surface area contributed by atoms with E-state index in [2.05, 4.69) is 20.4 Å². The van der Waals surface area contributed by atoms with Crippen molar-refractivity contribution < 1.29 is 14.2 Å². The molecule has 0 unspecified atom stereocenters. The average Bonchev–Trinajstić information content (AvgIpc) is 2.90. The van der Waals surface area contributed by atoms with E-state index in [9.17, 15) is 14.9 Å². The molecule has 4 N–H and O–H groups in total. The van der Waals surface area contributed by atoms with Gasteiger partial charge in [0.25, 0.3) is 11.6 Å². The van der Waals surface area contributed by atoms with E-state index in [1.54, 1.807) is 0 Å². The Morgan fingerprint density at radius 2 is 2.21 bits per heavy atom. The van der Waals surface area contributed by atoms with Crippen LogP contribution in [0.4, 0.5) is 17.2 Å². The van der Waals surface area contributed by atoms with Crippen molar-refractivity contribution in [3.05, 3.63) is 46.2 Å². The molecule has 1 amide bonds. The number of hydrogen-bond donors (Lipinski definition) is 3. The number of carbonyl (C=O) groups excluding carboxylic acids is 1. The summed E-state index contributed by atoms with van der Waals surface area (Å²) in [5.41, 5.74) is 2.19. The molecule has 0 atom stereocenters. The molecule has 9 heteroatoms. The van der Waals surface area contributed by atoms with Crippen molar-refractivity contribution in [2.24, 2.45) is 5.84 Å². The lowest BCUT2D eigenvalue weighted by Gasteiger charge is -2.05. The van der Waals surface area contributed by atoms with Crippen LogP contribution in [0, 0.1) is 10.1 Å². The molecule has 0 aliphatic rings. The second kappa shape index (κ2) is 5.14. The van der Waals surface area contributed by atoms with Gasteiger partial charge in [0.2, 0.25) is 0 Å². The summed E-state index contributed by atoms with van der Waals surface area (Å²) < 4.78 is 4.56. The third-order valence-corrected chi connectivity index (χ3v) is 2.29. The van der Waals surface area contributed by atoms with E-state index in [0.29, 0.717) is 0 Å². The van der Waals surface area contributed by atoms with Crippen LogP contribution in [0.5, 0.6) is 0 Å². The molecule has 0 saturated carbocycles. The van der Waals surface area contributed by atoms with E-state index < -0.39 is 10.8 Å². The molecule has 1 aromatic heterocycles. The SMILES string of the molecule is NNc1cc(C(=O)Nc2ccon2)ccc1[N+](=O)[O-]. The van der Waals surface area contributed by atoms with Crippen LogP contribution in [0.1, 0.15) is 10.4 Å². The second-order valence-electron chi connectivity index (χ2n) is 3.47. The molecular weight excluding hydrogens is 254 g/mol. The van der Waals surface area contributed by atoms with Crippen molar-refractivity contribution in [2.45, 2.75) is 0 Å². The molecule has 1 heterocycles. The summed E-state index contributed by atoms with van der Waals surface area (Å²) in [5.74, 6) is 4.94. The third-order valence-electron chi connectivity index (χ3n) is 2.29. The number of nitrogens with two attached hydrogens (primary N) is 1. The monoisotopic (exact) mass is 263 g/mol. The quantitative estimate of drug-likeness (QED) is 0.427. The number of hydrazine groups is 1. The van der Waals surface area contributed by atoms with Crippen molar-refractivity contribution in [2.75, 3.05) is 10.7 Å². The normalized spacial score (nSPS) is 9.95. The summed E-state index contributed by atoms with van der Waals surface area (Å²) in [7, 11) is 0. The fourth-order valence-electron chi connectivity index (χ4n) is 1.42. The molecule has 0 spiro atoms. The molecule has 1 aromatic carbocycles. The van der Waals surface area contributed by atoms with Gasteiger partial charge in [-0.1, -0.05) is 5.16 Å². The minimum Gasteiger partial charge on any atom is -0.363 e. The van der Waals surface area contributed by atoms with E-state index in [4.69, 9.17) is 5.84 Å². The van der Waals surface area contributed by atoms with Crippen molar-refractivity contribution in [1.82, 2.24) is 5.16 Å². The zero-order chi connectivity index (χ0) is 13.8. The van der Waals surface area contributed by atoms with Gasteiger partial charge in [0.05, 0.1) is 4.92 Å². The van der Waals surface area contributed by atoms with Crippen LogP contribution in [0.15, 0.2) is 35.1 Å². The standard InChI is InChI=1S/C10H9N5O4/c11-13-7-5-6(1-2-8(7)15(17)18)10(16)12-9-3-4-19-14-9/h1-5,13H,11H2,(H,12,14,16). The number of nitro groups is 1. The Balaban J connectivity index is 2.25. The summed E-state index contributed by atoms with van der Waals surface area (Å²) in [4.78, 5) is 21.9. The highest BCUT2D eigenvalue weighted by atomic mass is 16.6. The first-order valence-corrected chi connectivity index (χ1v) is 5.08. The number of rotatable bonds is 4. The van der Waals surface area contributed by atoms with Gasteiger partial charge < -0.3 is 15.3 Å². The van der Waals surface area contributed by atoms with Crippen LogP contribution in [0.25, 0.3) is 0 Å². The number of amides is 1. The van der Waals surface area contributed by atoms with Gasteiger partial charge >= 0.3 is 0 Å². The number of nitro benzene ring substituents is 1. The lowest BCUT2D eigenvalue weighted by Crippen LogP contribution is -2.14. The first-order chi connectivity index (χ1) is 9.11. The van der Waals surface area contributed by atoms with E-state index >= 15 is 0 Å². The second-order valence-corrected chi connectivity index (χ2v) is 3.47. The van der Waals surface area contributed by atoms with Gasteiger partial charge in [0.1, 0.15) is 12.0 Å². The van der Waals surface area contributed by atoms with Crippen LogP contribution in [0.2, 0.25) is 0 Å². The lowest BCUT2D eigenvalue weighted by molar-refractivity contribution is -0.384. The molecule has 2 rings (SSSR count). The number of nitrogens with zero attached hydrogens (tertiary/aromatic N) is 2. The van der Waals surface area contributed by atoms with Gasteiger partial charge in [-0.05, 0) is 12.1 Å². The summed E-state index contributed by atoms with van der Waals surface area (Å²) in [6.07, 6.45) is 1.30. The molecular formula is C10H9N5O4. The van der Waals surface area contributed by atoms with E-state index in [0.717, 1.165) is 0 Å². The molecule has 98 valence electrons. The zero-order valence-corrected chi connectivity index (χ0v) is 9.49. The van der Waals surface area contributed by atoms with Gasteiger partial charge in [-0.15, -0.1) is 0 Å². The Kier molecular flexibility index (Phi) is 3.39. The van der Waals surface area contributed by atoms with Gasteiger partial charge in [-0.2, -0.15) is 0 Å². The maximum absolute atomic E-state index is 11.8. The van der Waals surface area contributed by atoms with Crippen molar-refractivity contribution in [1.29, 1.82) is 0 Å². The highest BCUT2D eigenvalue weighted by Gasteiger charge is 2.16. The highest BCUT2D eigenvalue weighted by Crippen LogP contribution is 2.24. The Morgan fingerprint density at radius 1 is 1.42 bits per heavy atom. The van der Waals surface area contributed by atoms with Crippen LogP contribution in [-0.4, -0.2) is 16.0 Å². The average molecular weight is 263 g/mol. The van der Waals surface area contributed by atoms with Crippen LogP contribution in [0.3, 0.4) is 0 Å². The molecule has 2 aromatic rings. The summed E-state index contributed by atoms with van der Waals surface area (Å²) in [6, 6.07) is 5.24. The van der Waals surface area contributed by atoms with Gasteiger partial charge in [-0.25, -0.2) is 0 Å². The molecule has 0 fully saturated rings. The van der Waals surface area contributed by atoms with E-state index in [-0.39, 0.29) is 22.8 Å². The minimum atomic E-state index is -0.603. The van der Waals surface area contributed by atoms with Crippen LogP contribution in [-0.2, 0) is 0 Å². The Labute approximate surface area is 106 Å². The predicted molar refractivity (Wildman–Crippen MR) is 65.4 cm³/mol. The predicted octanol–water partition coefficient (Wildman–Crippen LogP) is 1.12. The number of nitrogens with one attached hydrogen (secondary N) is 2. The fraction of sp³-hybridized carbons (Fsp3) is 0. The molecule has 0 saturated heterocycles. The van der Waals surface area contributed by atoms with Crippen molar-refractivity contribution >= 4 is 23.1 Å². The summed E-state index contributed by atoms with van der Waals surface area (Å²) >= 11 is 0. The van der Waals surface area contributed by atoms with Gasteiger partial charge in [0.15, 0.2) is 5.82 Å². The molecule has 0 bridgehead atoms. The van der Waals surface area contributed by atoms with Crippen molar-refractivity contribution in [3.63, 3.8) is 0 Å². The first-order valence-electron chi connectivity index (χ1n) is 5.08. The highest BCUT2D eigenvalue weighted by molar-refractivity contribution is 6.04. The summed E-state index contributed by atoms with van der Waals surface area (Å²) in [5, 5.41) is 16.7. The maximum Gasteiger partial charge on any atom is 0.293 e. The maximum atomic E-state index is 11.8. The Hall–Kier alpha value is -2.94. The number of hydrogen-bond acceptors (Lipinski definition) is 7. The smallest absolute Gasteiger partial charge is 0.293 e. The van der Waals surface area contributed by atoms with Gasteiger partial charge in [-0.3, -0.25) is 20.8 Å². The summed E-state index contributed by atoms with van der Waals surface area (Å²) in [6.45, 7) is 0. The lowest BCUT2D eigenvalue weighted by atomic mass is 10.1. The zero-order valence-electron chi connectivity index (χ0n) is 9.49. The third kappa shape index (κ3) is 2.66. The molecule has 0 aliphatic heterocycles. The molecule has 19 heavy (non-hydrogen) atoms. The van der Waals surface area contributed by atoms with Crippen LogP contribution >= 0.6 is 0 Å². The largest absolute Gasteiger partial charge is 0.363 e. The van der Waals surface area contributed by atoms with Crippen molar-refractivity contribution in [3.8, 4) is 0 Å². The number of nitrogen functional groups attached to an aromatic ring is 1. The molecule has 9 nitrogen and oxygen atoms in total. The van der Waals surface area contributed by atoms with E-state index in [1.807, 2.05) is 0 Å². The number of aromatic nitrogens is 1. The van der Waals surface area contributed by atoms with Crippen LogP contribution < -0.4 is 16.6 Å². The first kappa shape index (κ1) is 12.5. The Bertz CT molecular complexity index is 610.